The van der Waals surface area contributed by atoms with Crippen LogP contribution in [0.25, 0.3) is 0 Å². The lowest BCUT2D eigenvalue weighted by Crippen LogP contribution is -2.52. The highest BCUT2D eigenvalue weighted by Gasteiger charge is 2.44. The number of hydrogen-bond donors (Lipinski definition) is 2. The molecule has 4 amide bonds. The fourth-order valence-electron chi connectivity index (χ4n) is 4.19. The Balaban J connectivity index is 1.60. The first-order chi connectivity index (χ1) is 16.0. The standard InChI is InChI=1S/C23H19F4N3O4/c1-11-3-2-4-12(9-11)19(23(25,26)27)29-20(32)14-6-5-13-15(18(14)24)10-30(22(13)34)16-7-8-17(31)28-21(16)33/h2-6,9,16,19H,7-8,10H2,1H3,(H,29,32)(H,28,31,33). The zero-order valence-electron chi connectivity index (χ0n) is 17.8. The Kier molecular flexibility index (Phi) is 5.88. The topological polar surface area (TPSA) is 95.6 Å². The number of carbonyl (C=O) groups is 4. The first kappa shape index (κ1) is 23.4. The molecular weight excluding hydrogens is 458 g/mol. The van der Waals surface area contributed by atoms with Crippen molar-refractivity contribution in [1.82, 2.24) is 15.5 Å². The summed E-state index contributed by atoms with van der Waals surface area (Å²) in [5, 5.41) is 3.96. The van der Waals surface area contributed by atoms with E-state index in [9.17, 15) is 32.3 Å². The molecule has 0 saturated carbocycles. The molecule has 2 aliphatic heterocycles. The van der Waals surface area contributed by atoms with Crippen LogP contribution in [0.1, 0.15) is 56.3 Å². The first-order valence-electron chi connectivity index (χ1n) is 10.4. The molecule has 0 spiro atoms. The Morgan fingerprint density at radius 3 is 2.56 bits per heavy atom. The molecule has 1 saturated heterocycles. The van der Waals surface area contributed by atoms with Gasteiger partial charge in [0.1, 0.15) is 11.9 Å². The van der Waals surface area contributed by atoms with E-state index in [0.29, 0.717) is 5.56 Å². The summed E-state index contributed by atoms with van der Waals surface area (Å²) in [5.74, 6) is -4.27. The van der Waals surface area contributed by atoms with Gasteiger partial charge >= 0.3 is 6.18 Å². The summed E-state index contributed by atoms with van der Waals surface area (Å²) in [6.07, 6.45) is -4.78. The van der Waals surface area contributed by atoms with Crippen LogP contribution in [0.3, 0.4) is 0 Å². The van der Waals surface area contributed by atoms with E-state index in [1.807, 2.05) is 5.32 Å². The van der Waals surface area contributed by atoms with Crippen molar-refractivity contribution in [3.63, 3.8) is 0 Å². The number of nitrogens with zero attached hydrogens (tertiary/aromatic N) is 1. The quantitative estimate of drug-likeness (QED) is 0.523. The van der Waals surface area contributed by atoms with Gasteiger partial charge in [-0.2, -0.15) is 13.2 Å². The van der Waals surface area contributed by atoms with E-state index in [4.69, 9.17) is 0 Å². The molecule has 1 fully saturated rings. The minimum Gasteiger partial charge on any atom is -0.337 e. The molecular formula is C23H19F4N3O4. The van der Waals surface area contributed by atoms with Crippen molar-refractivity contribution < 1.29 is 36.7 Å². The van der Waals surface area contributed by atoms with Gasteiger partial charge in [0, 0.05) is 17.5 Å². The van der Waals surface area contributed by atoms with Crippen LogP contribution >= 0.6 is 0 Å². The van der Waals surface area contributed by atoms with E-state index in [0.717, 1.165) is 17.0 Å². The van der Waals surface area contributed by atoms with Crippen LogP contribution in [0, 0.1) is 12.7 Å². The lowest BCUT2D eigenvalue weighted by molar-refractivity contribution is -0.155. The van der Waals surface area contributed by atoms with E-state index in [-0.39, 0.29) is 36.1 Å². The van der Waals surface area contributed by atoms with Crippen molar-refractivity contribution in [2.75, 3.05) is 0 Å². The van der Waals surface area contributed by atoms with Gasteiger partial charge in [0.2, 0.25) is 11.8 Å². The third-order valence-electron chi connectivity index (χ3n) is 5.87. The van der Waals surface area contributed by atoms with E-state index in [2.05, 4.69) is 5.32 Å². The molecule has 2 aromatic rings. The van der Waals surface area contributed by atoms with Crippen LogP contribution in [0.4, 0.5) is 17.6 Å². The number of benzene rings is 2. The fourth-order valence-corrected chi connectivity index (χ4v) is 4.19. The minimum absolute atomic E-state index is 0.00443. The summed E-state index contributed by atoms with van der Waals surface area (Å²) in [6.45, 7) is 1.25. The van der Waals surface area contributed by atoms with Gasteiger partial charge in [-0.3, -0.25) is 24.5 Å². The van der Waals surface area contributed by atoms with E-state index >= 15 is 4.39 Å². The molecule has 0 aromatic heterocycles. The zero-order valence-corrected chi connectivity index (χ0v) is 17.8. The Bertz CT molecular complexity index is 1210. The number of imide groups is 1. The number of rotatable bonds is 4. The van der Waals surface area contributed by atoms with Crippen molar-refractivity contribution in [2.45, 2.75) is 44.6 Å². The normalized spacial score (nSPS) is 19.0. The smallest absolute Gasteiger partial charge is 0.337 e. The number of halogens is 4. The van der Waals surface area contributed by atoms with Crippen molar-refractivity contribution in [1.29, 1.82) is 0 Å². The molecule has 0 bridgehead atoms. The zero-order chi connectivity index (χ0) is 24.8. The number of amides is 4. The monoisotopic (exact) mass is 477 g/mol. The lowest BCUT2D eigenvalue weighted by atomic mass is 10.0. The summed E-state index contributed by atoms with van der Waals surface area (Å²) in [6, 6.07) is 4.23. The maximum absolute atomic E-state index is 15.2. The second-order valence-corrected chi connectivity index (χ2v) is 8.22. The fraction of sp³-hybridized carbons (Fsp3) is 0.304. The third-order valence-corrected chi connectivity index (χ3v) is 5.87. The van der Waals surface area contributed by atoms with Crippen LogP contribution in [0.5, 0.6) is 0 Å². The predicted octanol–water partition coefficient (Wildman–Crippen LogP) is 2.93. The van der Waals surface area contributed by atoms with Gasteiger partial charge in [-0.15, -0.1) is 0 Å². The number of nitrogens with one attached hydrogen (secondary N) is 2. The number of hydrogen-bond acceptors (Lipinski definition) is 4. The van der Waals surface area contributed by atoms with Crippen LogP contribution in [-0.2, 0) is 16.1 Å². The van der Waals surface area contributed by atoms with Gasteiger partial charge in [-0.1, -0.05) is 29.8 Å². The SMILES string of the molecule is Cc1cccc(C(NC(=O)c2ccc3c(c2F)CN(C2CCC(=O)NC2=O)C3=O)C(F)(F)F)c1. The highest BCUT2D eigenvalue weighted by Crippen LogP contribution is 2.34. The summed E-state index contributed by atoms with van der Waals surface area (Å²) < 4.78 is 56.3. The van der Waals surface area contributed by atoms with Gasteiger partial charge in [0.25, 0.3) is 11.8 Å². The first-order valence-corrected chi connectivity index (χ1v) is 10.4. The maximum Gasteiger partial charge on any atom is 0.412 e. The van der Waals surface area contributed by atoms with Crippen LogP contribution < -0.4 is 10.6 Å². The molecule has 4 rings (SSSR count). The summed E-state index contributed by atoms with van der Waals surface area (Å²) >= 11 is 0. The van der Waals surface area contributed by atoms with Crippen LogP contribution in [-0.4, -0.2) is 40.7 Å². The Hall–Kier alpha value is -3.76. The third kappa shape index (κ3) is 4.25. The molecule has 0 aliphatic carbocycles. The average Bonchev–Trinajstić information content (AvgIpc) is 3.08. The molecule has 34 heavy (non-hydrogen) atoms. The molecule has 2 unspecified atom stereocenters. The highest BCUT2D eigenvalue weighted by atomic mass is 19.4. The summed E-state index contributed by atoms with van der Waals surface area (Å²) in [4.78, 5) is 50.0. The van der Waals surface area contributed by atoms with Gasteiger partial charge in [0.05, 0.1) is 12.1 Å². The lowest BCUT2D eigenvalue weighted by Gasteiger charge is -2.29. The molecule has 0 radical (unpaired) electrons. The summed E-state index contributed by atoms with van der Waals surface area (Å²) in [7, 11) is 0. The molecule has 2 aromatic carbocycles. The van der Waals surface area contributed by atoms with Gasteiger partial charge in [-0.05, 0) is 31.0 Å². The highest BCUT2D eigenvalue weighted by molar-refractivity contribution is 6.06. The van der Waals surface area contributed by atoms with Crippen LogP contribution in [0.15, 0.2) is 36.4 Å². The van der Waals surface area contributed by atoms with E-state index in [1.54, 1.807) is 13.0 Å². The number of aryl methyl sites for hydroxylation is 1. The van der Waals surface area contributed by atoms with E-state index in [1.165, 1.54) is 18.2 Å². The molecule has 178 valence electrons. The Morgan fingerprint density at radius 1 is 1.18 bits per heavy atom. The number of fused-ring (bicyclic) bond motifs is 1. The molecule has 2 atom stereocenters. The Morgan fingerprint density at radius 2 is 1.91 bits per heavy atom. The number of piperidine rings is 1. The predicted molar refractivity (Wildman–Crippen MR) is 110 cm³/mol. The van der Waals surface area contributed by atoms with Crippen molar-refractivity contribution in [2.24, 2.45) is 0 Å². The molecule has 7 nitrogen and oxygen atoms in total. The summed E-state index contributed by atoms with van der Waals surface area (Å²) in [5.41, 5.74) is -0.594. The number of alkyl halides is 3. The van der Waals surface area contributed by atoms with Gasteiger partial charge < -0.3 is 10.2 Å². The second kappa shape index (κ2) is 8.54. The molecule has 11 heteroatoms. The van der Waals surface area contributed by atoms with Crippen LogP contribution in [0.2, 0.25) is 0 Å². The number of carbonyl (C=O) groups excluding carboxylic acids is 4. The van der Waals surface area contributed by atoms with Crippen molar-refractivity contribution >= 4 is 23.6 Å². The second-order valence-electron chi connectivity index (χ2n) is 8.22. The average molecular weight is 477 g/mol. The van der Waals surface area contributed by atoms with Crippen molar-refractivity contribution in [3.8, 4) is 0 Å². The van der Waals surface area contributed by atoms with Crippen molar-refractivity contribution in [3.05, 3.63) is 70.0 Å². The maximum atomic E-state index is 15.2. The van der Waals surface area contributed by atoms with Gasteiger partial charge in [0.15, 0.2) is 6.04 Å². The van der Waals surface area contributed by atoms with E-state index < -0.39 is 53.3 Å². The van der Waals surface area contributed by atoms with Gasteiger partial charge in [-0.25, -0.2) is 4.39 Å². The molecule has 2 aliphatic rings. The Labute approximate surface area is 191 Å². The minimum atomic E-state index is -4.84. The molecule has 2 N–H and O–H groups in total. The molecule has 2 heterocycles. The largest absolute Gasteiger partial charge is 0.412 e.